The molecule has 0 aliphatic carbocycles. The molecule has 0 saturated heterocycles. The molecule has 0 saturated carbocycles. The molecule has 10 heteroatoms. The summed E-state index contributed by atoms with van der Waals surface area (Å²) in [7, 11) is 0. The highest BCUT2D eigenvalue weighted by Crippen LogP contribution is 2.30. The molecule has 0 heterocycles. The van der Waals surface area contributed by atoms with Crippen molar-refractivity contribution in [2.75, 3.05) is 26.4 Å². The molecule has 3 rings (SSSR count). The van der Waals surface area contributed by atoms with Crippen LogP contribution in [0.1, 0.15) is 41.6 Å². The number of ether oxygens (including phenoxy) is 5. The Balaban J connectivity index is 1.41. The summed E-state index contributed by atoms with van der Waals surface area (Å²) in [5.41, 5.74) is 1.94. The summed E-state index contributed by atoms with van der Waals surface area (Å²) in [6.45, 7) is 8.33. The summed E-state index contributed by atoms with van der Waals surface area (Å²) in [6.07, 6.45) is 6.86. The second-order valence-corrected chi connectivity index (χ2v) is 10.1. The number of rotatable bonds is 18. The lowest BCUT2D eigenvalue weighted by atomic mass is 10.2. The van der Waals surface area contributed by atoms with Gasteiger partial charge in [-0.25, -0.2) is 14.4 Å². The number of esters is 3. The van der Waals surface area contributed by atoms with Crippen molar-refractivity contribution in [2.24, 2.45) is 4.99 Å². The molecule has 0 bridgehead atoms. The maximum Gasteiger partial charge on any atom is 0.343 e. The molecule has 0 spiro atoms. The lowest BCUT2D eigenvalue weighted by molar-refractivity contribution is -0.138. The Hall–Kier alpha value is -4.70. The second-order valence-electron chi connectivity index (χ2n) is 9.21. The largest absolute Gasteiger partial charge is 0.494 e. The van der Waals surface area contributed by atoms with E-state index in [4.69, 9.17) is 23.7 Å². The van der Waals surface area contributed by atoms with Gasteiger partial charge in [0.2, 0.25) is 0 Å². The van der Waals surface area contributed by atoms with Crippen molar-refractivity contribution < 1.29 is 38.1 Å². The average Bonchev–Trinajstić information content (AvgIpc) is 3.04. The van der Waals surface area contributed by atoms with Gasteiger partial charge in [-0.05, 0) is 114 Å². The van der Waals surface area contributed by atoms with E-state index in [1.54, 1.807) is 48.7 Å². The predicted octanol–water partition coefficient (Wildman–Crippen LogP) is 7.20. The Morgan fingerprint density at radius 3 is 1.75 bits per heavy atom. The van der Waals surface area contributed by atoms with E-state index in [-0.39, 0.29) is 0 Å². The van der Waals surface area contributed by atoms with Crippen LogP contribution in [0, 0.1) is 0 Å². The zero-order valence-electron chi connectivity index (χ0n) is 24.2. The minimum Gasteiger partial charge on any atom is -0.494 e. The summed E-state index contributed by atoms with van der Waals surface area (Å²) < 4.78 is 27.4. The van der Waals surface area contributed by atoms with Crippen molar-refractivity contribution in [3.8, 4) is 17.2 Å². The molecule has 230 valence electrons. The molecule has 0 fully saturated rings. The van der Waals surface area contributed by atoms with Gasteiger partial charge in [0, 0.05) is 18.4 Å². The fourth-order valence-corrected chi connectivity index (χ4v) is 4.00. The highest BCUT2D eigenvalue weighted by atomic mass is 79.9. The third kappa shape index (κ3) is 12.3. The number of hydrogen-bond donors (Lipinski definition) is 0. The second kappa shape index (κ2) is 18.8. The summed E-state index contributed by atoms with van der Waals surface area (Å²) in [6, 6.07) is 19.4. The molecule has 0 aliphatic rings. The highest BCUT2D eigenvalue weighted by Gasteiger charge is 2.12. The fourth-order valence-electron chi connectivity index (χ4n) is 3.55. The van der Waals surface area contributed by atoms with E-state index < -0.39 is 17.9 Å². The van der Waals surface area contributed by atoms with Crippen LogP contribution in [0.4, 0.5) is 5.69 Å². The zero-order valence-corrected chi connectivity index (χ0v) is 25.8. The molecular formula is C34H34BrNO8. The van der Waals surface area contributed by atoms with Crippen molar-refractivity contribution in [1.82, 2.24) is 0 Å². The molecule has 0 radical (unpaired) electrons. The summed E-state index contributed by atoms with van der Waals surface area (Å²) in [5, 5.41) is 0. The Morgan fingerprint density at radius 1 is 0.705 bits per heavy atom. The molecule has 44 heavy (non-hydrogen) atoms. The molecule has 0 N–H and O–H groups in total. The smallest absolute Gasteiger partial charge is 0.343 e. The van der Waals surface area contributed by atoms with Crippen molar-refractivity contribution >= 4 is 45.7 Å². The van der Waals surface area contributed by atoms with Gasteiger partial charge in [-0.3, -0.25) is 4.99 Å². The maximum absolute atomic E-state index is 12.7. The van der Waals surface area contributed by atoms with Gasteiger partial charge in [0.1, 0.15) is 17.2 Å². The number of unbranched alkanes of at least 4 members (excludes halogenated alkanes) is 2. The van der Waals surface area contributed by atoms with Crippen molar-refractivity contribution in [3.63, 3.8) is 0 Å². The van der Waals surface area contributed by atoms with Crippen LogP contribution in [0.5, 0.6) is 17.2 Å². The standard InChI is InChI=1S/C34H34BrNO8/c1-3-32(37)42-21-7-5-19-40-28-14-9-25(10-15-28)24-36-27-13-18-31(30(35)23-27)44-34(39)26-11-16-29(17-12-26)41-20-6-8-22-43-33(38)4-2/h3-4,9-18,23-24H,1-2,5-8,19-22H2/b36-24+. The van der Waals surface area contributed by atoms with Gasteiger partial charge in [-0.2, -0.15) is 0 Å². The van der Waals surface area contributed by atoms with Crippen LogP contribution in [0.15, 0.2) is 102 Å². The van der Waals surface area contributed by atoms with Gasteiger partial charge in [0.25, 0.3) is 0 Å². The normalized spacial score (nSPS) is 10.6. The number of carbonyl (C=O) groups is 3. The monoisotopic (exact) mass is 663 g/mol. The van der Waals surface area contributed by atoms with Crippen molar-refractivity contribution in [2.45, 2.75) is 25.7 Å². The van der Waals surface area contributed by atoms with Gasteiger partial charge in [-0.1, -0.05) is 13.2 Å². The van der Waals surface area contributed by atoms with Crippen LogP contribution >= 0.6 is 15.9 Å². The first-order chi connectivity index (χ1) is 21.4. The number of benzene rings is 3. The number of halogens is 1. The van der Waals surface area contributed by atoms with Gasteiger partial charge in [0.05, 0.1) is 42.2 Å². The van der Waals surface area contributed by atoms with Crippen molar-refractivity contribution in [3.05, 3.63) is 108 Å². The third-order valence-corrected chi connectivity index (χ3v) is 6.51. The summed E-state index contributed by atoms with van der Waals surface area (Å²) in [4.78, 5) is 39.2. The van der Waals surface area contributed by atoms with Gasteiger partial charge in [0.15, 0.2) is 0 Å². The molecule has 0 unspecified atom stereocenters. The van der Waals surface area contributed by atoms with Gasteiger partial charge >= 0.3 is 17.9 Å². The first-order valence-electron chi connectivity index (χ1n) is 14.0. The van der Waals surface area contributed by atoms with Gasteiger partial charge < -0.3 is 23.7 Å². The van der Waals surface area contributed by atoms with E-state index in [2.05, 4.69) is 34.1 Å². The van der Waals surface area contributed by atoms with Gasteiger partial charge in [-0.15, -0.1) is 0 Å². The van der Waals surface area contributed by atoms with E-state index in [1.165, 1.54) is 0 Å². The number of carbonyl (C=O) groups excluding carboxylic acids is 3. The molecule has 3 aromatic rings. The van der Waals surface area contributed by atoms with Crippen LogP contribution in [0.3, 0.4) is 0 Å². The van der Waals surface area contributed by atoms with E-state index in [0.717, 1.165) is 29.9 Å². The third-order valence-electron chi connectivity index (χ3n) is 5.89. The zero-order chi connectivity index (χ0) is 31.6. The first-order valence-corrected chi connectivity index (χ1v) is 14.8. The van der Waals surface area contributed by atoms with Crippen LogP contribution in [-0.4, -0.2) is 50.6 Å². The Morgan fingerprint density at radius 2 is 1.23 bits per heavy atom. The van der Waals surface area contributed by atoms with E-state index in [1.807, 2.05) is 24.3 Å². The molecule has 3 aromatic carbocycles. The van der Waals surface area contributed by atoms with Crippen LogP contribution in [0.2, 0.25) is 0 Å². The highest BCUT2D eigenvalue weighted by molar-refractivity contribution is 9.10. The molecule has 0 aromatic heterocycles. The lowest BCUT2D eigenvalue weighted by Crippen LogP contribution is -2.09. The Labute approximate surface area is 265 Å². The Kier molecular flexibility index (Phi) is 14.4. The van der Waals surface area contributed by atoms with E-state index >= 15 is 0 Å². The molecule has 0 aliphatic heterocycles. The molecule has 9 nitrogen and oxygen atoms in total. The SMILES string of the molecule is C=CC(=O)OCCCCOc1ccc(/C=N/c2ccc(OC(=O)c3ccc(OCCCCOC(=O)C=C)cc3)c(Br)c2)cc1. The first kappa shape index (κ1) is 33.8. The molecule has 0 atom stereocenters. The quantitative estimate of drug-likeness (QED) is 0.0462. The fraction of sp³-hybridized carbons (Fsp3) is 0.235. The van der Waals surface area contributed by atoms with E-state index in [0.29, 0.717) is 72.9 Å². The summed E-state index contributed by atoms with van der Waals surface area (Å²) >= 11 is 3.46. The van der Waals surface area contributed by atoms with E-state index in [9.17, 15) is 14.4 Å². The number of nitrogens with zero attached hydrogens (tertiary/aromatic N) is 1. The number of hydrogen-bond acceptors (Lipinski definition) is 9. The lowest BCUT2D eigenvalue weighted by Gasteiger charge is -2.09. The van der Waals surface area contributed by atoms with Crippen molar-refractivity contribution in [1.29, 1.82) is 0 Å². The minimum absolute atomic E-state index is 0.313. The average molecular weight is 665 g/mol. The Bertz CT molecular complexity index is 1430. The van der Waals surface area contributed by atoms with Crippen LogP contribution in [-0.2, 0) is 19.1 Å². The predicted molar refractivity (Wildman–Crippen MR) is 171 cm³/mol. The van der Waals surface area contributed by atoms with Crippen LogP contribution in [0.25, 0.3) is 0 Å². The molecule has 0 amide bonds. The maximum atomic E-state index is 12.7. The summed E-state index contributed by atoms with van der Waals surface area (Å²) in [5.74, 6) is 0.364. The van der Waals surface area contributed by atoms with Crippen LogP contribution < -0.4 is 14.2 Å². The topological polar surface area (TPSA) is 110 Å². The number of aliphatic imine (C=N–C) groups is 1. The minimum atomic E-state index is -0.504. The molecular weight excluding hydrogens is 630 g/mol.